The van der Waals surface area contributed by atoms with Crippen LogP contribution >= 0.6 is 11.8 Å². The van der Waals surface area contributed by atoms with Crippen LogP contribution < -0.4 is 5.73 Å². The lowest BCUT2D eigenvalue weighted by molar-refractivity contribution is -0.141. The summed E-state index contributed by atoms with van der Waals surface area (Å²) in [7, 11) is 0. The van der Waals surface area contributed by atoms with E-state index >= 15 is 0 Å². The summed E-state index contributed by atoms with van der Waals surface area (Å²) in [5.41, 5.74) is 5.35. The zero-order chi connectivity index (χ0) is 14.9. The SMILES string of the molecule is CC1SCC(C(=O)O)N1C(=O)N1CCCCC1C(N)=O. The molecule has 0 aromatic rings. The number of rotatable bonds is 2. The smallest absolute Gasteiger partial charge is 0.327 e. The number of carboxylic acids is 1. The van der Waals surface area contributed by atoms with Gasteiger partial charge in [-0.1, -0.05) is 0 Å². The van der Waals surface area contributed by atoms with Gasteiger partial charge in [0, 0.05) is 12.3 Å². The molecule has 3 unspecified atom stereocenters. The lowest BCUT2D eigenvalue weighted by Crippen LogP contribution is -2.58. The molecule has 2 fully saturated rings. The Balaban J connectivity index is 2.19. The molecule has 0 aromatic heterocycles. The summed E-state index contributed by atoms with van der Waals surface area (Å²) in [5, 5.41) is 9.00. The van der Waals surface area contributed by atoms with Crippen molar-refractivity contribution in [3.8, 4) is 0 Å². The minimum atomic E-state index is -1.01. The van der Waals surface area contributed by atoms with Gasteiger partial charge in [0.25, 0.3) is 0 Å². The first-order valence-electron chi connectivity index (χ1n) is 6.66. The van der Waals surface area contributed by atoms with Crippen LogP contribution in [0.5, 0.6) is 0 Å². The Bertz CT molecular complexity index is 431. The molecule has 3 atom stereocenters. The van der Waals surface area contributed by atoms with E-state index in [1.807, 2.05) is 0 Å². The Labute approximate surface area is 121 Å². The fourth-order valence-corrected chi connectivity index (χ4v) is 3.89. The molecule has 0 aliphatic carbocycles. The van der Waals surface area contributed by atoms with E-state index in [4.69, 9.17) is 5.73 Å². The first-order chi connectivity index (χ1) is 9.43. The molecule has 3 N–H and O–H groups in total. The van der Waals surface area contributed by atoms with Crippen LogP contribution in [0.2, 0.25) is 0 Å². The van der Waals surface area contributed by atoms with Gasteiger partial charge in [0.1, 0.15) is 12.1 Å². The number of urea groups is 1. The fraction of sp³-hybridized carbons (Fsp3) is 0.750. The quantitative estimate of drug-likeness (QED) is 0.763. The van der Waals surface area contributed by atoms with Crippen molar-refractivity contribution in [2.45, 2.75) is 43.6 Å². The number of nitrogens with two attached hydrogens (primary N) is 1. The van der Waals surface area contributed by atoms with Gasteiger partial charge in [0.15, 0.2) is 0 Å². The number of hydrogen-bond donors (Lipinski definition) is 2. The van der Waals surface area contributed by atoms with Gasteiger partial charge in [-0.2, -0.15) is 0 Å². The van der Waals surface area contributed by atoms with Crippen LogP contribution in [0.3, 0.4) is 0 Å². The number of carbonyl (C=O) groups excluding carboxylic acids is 2. The van der Waals surface area contributed by atoms with Crippen LogP contribution in [0, 0.1) is 0 Å². The zero-order valence-electron chi connectivity index (χ0n) is 11.3. The van der Waals surface area contributed by atoms with Crippen molar-refractivity contribution in [1.82, 2.24) is 9.80 Å². The van der Waals surface area contributed by atoms with Gasteiger partial charge < -0.3 is 15.7 Å². The lowest BCUT2D eigenvalue weighted by Gasteiger charge is -2.38. The highest BCUT2D eigenvalue weighted by atomic mass is 32.2. The van der Waals surface area contributed by atoms with Gasteiger partial charge >= 0.3 is 12.0 Å². The second kappa shape index (κ2) is 5.90. The highest BCUT2D eigenvalue weighted by Gasteiger charge is 2.43. The minimum absolute atomic E-state index is 0.209. The number of amides is 3. The van der Waals surface area contributed by atoms with Gasteiger partial charge in [-0.3, -0.25) is 9.69 Å². The summed E-state index contributed by atoms with van der Waals surface area (Å²) in [6.45, 7) is 2.25. The molecule has 3 amide bonds. The average molecular weight is 301 g/mol. The number of nitrogens with zero attached hydrogens (tertiary/aromatic N) is 2. The van der Waals surface area contributed by atoms with Gasteiger partial charge in [-0.15, -0.1) is 11.8 Å². The van der Waals surface area contributed by atoms with E-state index in [2.05, 4.69) is 0 Å². The predicted molar refractivity (Wildman–Crippen MR) is 74.1 cm³/mol. The van der Waals surface area contributed by atoms with Crippen molar-refractivity contribution in [3.63, 3.8) is 0 Å². The third kappa shape index (κ3) is 2.70. The van der Waals surface area contributed by atoms with Crippen molar-refractivity contribution < 1.29 is 19.5 Å². The standard InChI is InChI=1S/C12H19N3O4S/c1-7-15(9(6-20-7)11(17)18)12(19)14-5-3-2-4-8(14)10(13)16/h7-9H,2-6H2,1H3,(H2,13,16)(H,17,18). The molecule has 2 aliphatic rings. The second-order valence-electron chi connectivity index (χ2n) is 5.08. The maximum Gasteiger partial charge on any atom is 0.327 e. The van der Waals surface area contributed by atoms with E-state index < -0.39 is 30.0 Å². The number of aliphatic carboxylic acids is 1. The number of piperidine rings is 1. The van der Waals surface area contributed by atoms with Crippen molar-refractivity contribution in [2.24, 2.45) is 5.73 Å². The summed E-state index contributed by atoms with van der Waals surface area (Å²) >= 11 is 1.43. The molecule has 0 bridgehead atoms. The Kier molecular flexibility index (Phi) is 4.42. The molecule has 2 rings (SSSR count). The lowest BCUT2D eigenvalue weighted by atomic mass is 10.0. The third-order valence-corrected chi connectivity index (χ3v) is 5.02. The summed E-state index contributed by atoms with van der Waals surface area (Å²) < 4.78 is 0. The van der Waals surface area contributed by atoms with E-state index in [1.165, 1.54) is 21.6 Å². The maximum absolute atomic E-state index is 12.6. The fourth-order valence-electron chi connectivity index (χ4n) is 2.73. The molecule has 2 saturated heterocycles. The van der Waals surface area contributed by atoms with Crippen molar-refractivity contribution in [2.75, 3.05) is 12.3 Å². The third-order valence-electron chi connectivity index (χ3n) is 3.81. The number of thioether (sulfide) groups is 1. The molecule has 0 spiro atoms. The maximum atomic E-state index is 12.6. The summed E-state index contributed by atoms with van der Waals surface area (Å²) in [6.07, 6.45) is 2.21. The van der Waals surface area contributed by atoms with Crippen LogP contribution in [-0.2, 0) is 9.59 Å². The molecule has 112 valence electrons. The minimum Gasteiger partial charge on any atom is -0.480 e. The molecule has 2 heterocycles. The van der Waals surface area contributed by atoms with Gasteiger partial charge in [-0.25, -0.2) is 9.59 Å². The van der Waals surface area contributed by atoms with Crippen LogP contribution in [0.4, 0.5) is 4.79 Å². The zero-order valence-corrected chi connectivity index (χ0v) is 12.1. The highest BCUT2D eigenvalue weighted by Crippen LogP contribution is 2.31. The van der Waals surface area contributed by atoms with Crippen LogP contribution in [0.1, 0.15) is 26.2 Å². The van der Waals surface area contributed by atoms with E-state index in [-0.39, 0.29) is 5.37 Å². The molecule has 0 aromatic carbocycles. The molecular formula is C12H19N3O4S. The molecule has 8 heteroatoms. The van der Waals surface area contributed by atoms with Crippen molar-refractivity contribution >= 4 is 29.7 Å². The topological polar surface area (TPSA) is 104 Å². The molecule has 0 radical (unpaired) electrons. The predicted octanol–water partition coefficient (Wildman–Crippen LogP) is 0.294. The van der Waals surface area contributed by atoms with E-state index in [0.717, 1.165) is 12.8 Å². The number of carboxylic acid groups (broad SMARTS) is 1. The van der Waals surface area contributed by atoms with Crippen LogP contribution in [0.25, 0.3) is 0 Å². The Hall–Kier alpha value is -1.44. The van der Waals surface area contributed by atoms with Crippen molar-refractivity contribution in [1.29, 1.82) is 0 Å². The van der Waals surface area contributed by atoms with E-state index in [0.29, 0.717) is 18.7 Å². The Morgan fingerprint density at radius 1 is 1.25 bits per heavy atom. The molecular weight excluding hydrogens is 282 g/mol. The van der Waals surface area contributed by atoms with Gasteiger partial charge in [0.2, 0.25) is 5.91 Å². The normalized spacial score (nSPS) is 30.4. The molecule has 20 heavy (non-hydrogen) atoms. The van der Waals surface area contributed by atoms with Gasteiger partial charge in [0.05, 0.1) is 5.37 Å². The van der Waals surface area contributed by atoms with Crippen molar-refractivity contribution in [3.05, 3.63) is 0 Å². The number of carbonyl (C=O) groups is 3. The monoisotopic (exact) mass is 301 g/mol. The van der Waals surface area contributed by atoms with Gasteiger partial charge in [-0.05, 0) is 26.2 Å². The first-order valence-corrected chi connectivity index (χ1v) is 7.71. The molecule has 2 aliphatic heterocycles. The van der Waals surface area contributed by atoms with E-state index in [9.17, 15) is 19.5 Å². The van der Waals surface area contributed by atoms with Crippen LogP contribution in [-0.4, -0.2) is 62.6 Å². The Morgan fingerprint density at radius 3 is 2.55 bits per heavy atom. The largest absolute Gasteiger partial charge is 0.480 e. The number of likely N-dealkylation sites (tertiary alicyclic amines) is 1. The van der Waals surface area contributed by atoms with E-state index in [1.54, 1.807) is 6.92 Å². The Morgan fingerprint density at radius 2 is 1.95 bits per heavy atom. The average Bonchev–Trinajstić information content (AvgIpc) is 2.80. The second-order valence-corrected chi connectivity index (χ2v) is 6.43. The summed E-state index contributed by atoms with van der Waals surface area (Å²) in [6, 6.07) is -1.85. The first kappa shape index (κ1) is 15.0. The summed E-state index contributed by atoms with van der Waals surface area (Å²) in [5.74, 6) is -1.16. The number of primary amides is 1. The number of hydrogen-bond acceptors (Lipinski definition) is 4. The molecule has 7 nitrogen and oxygen atoms in total. The molecule has 0 saturated carbocycles. The van der Waals surface area contributed by atoms with Crippen LogP contribution in [0.15, 0.2) is 0 Å². The highest BCUT2D eigenvalue weighted by molar-refractivity contribution is 8.00. The summed E-state index contributed by atoms with van der Waals surface area (Å²) in [4.78, 5) is 38.1.